The predicted molar refractivity (Wildman–Crippen MR) is 152 cm³/mol. The van der Waals surface area contributed by atoms with Crippen molar-refractivity contribution in [2.75, 3.05) is 45.7 Å². The lowest BCUT2D eigenvalue weighted by molar-refractivity contribution is 0.125. The molecule has 0 unspecified atom stereocenters. The van der Waals surface area contributed by atoms with Crippen molar-refractivity contribution in [2.45, 2.75) is 130 Å². The molecule has 7 nitrogen and oxygen atoms in total. The molecule has 0 aliphatic carbocycles. The van der Waals surface area contributed by atoms with Crippen LogP contribution in [0, 0.1) is 0 Å². The number of rotatable bonds is 28. The normalized spacial score (nSPS) is 11.6. The molecule has 2 amide bonds. The third-order valence-electron chi connectivity index (χ3n) is 6.19. The lowest BCUT2D eigenvalue weighted by atomic mass is 10.1. The van der Waals surface area contributed by atoms with E-state index in [0.29, 0.717) is 38.9 Å². The fourth-order valence-electron chi connectivity index (χ4n) is 4.13. The zero-order chi connectivity index (χ0) is 26.6. The summed E-state index contributed by atoms with van der Waals surface area (Å²) in [7, 11) is -3.02. The van der Waals surface area contributed by atoms with Gasteiger partial charge < -0.3 is 24.4 Å². The van der Waals surface area contributed by atoms with Gasteiger partial charge in [0.15, 0.2) is 0 Å². The summed E-state index contributed by atoms with van der Waals surface area (Å²) in [5.41, 5.74) is 0. The van der Waals surface area contributed by atoms with Crippen LogP contribution in [0.2, 0.25) is 0 Å². The molecule has 0 bridgehead atoms. The summed E-state index contributed by atoms with van der Waals surface area (Å²) in [6.07, 6.45) is 21.4. The number of hydrogen-bond donors (Lipinski definition) is 2. The second-order valence-electron chi connectivity index (χ2n) is 9.62. The Morgan fingerprint density at radius 1 is 0.583 bits per heavy atom. The maximum atomic E-state index is 12.3. The Labute approximate surface area is 223 Å². The molecule has 0 aromatic rings. The van der Waals surface area contributed by atoms with E-state index in [9.17, 15) is 9.36 Å². The third-order valence-corrected chi connectivity index (χ3v) is 8.36. The topological polar surface area (TPSA) is 85.9 Å². The molecule has 8 heteroatoms. The molecule has 0 aliphatic heterocycles. The molecule has 0 radical (unpaired) electrons. The number of amides is 2. The summed E-state index contributed by atoms with van der Waals surface area (Å²) in [6, 6.07) is -0.165. The fraction of sp³-hybridized carbons (Fsp3) is 0.964. The van der Waals surface area contributed by atoms with E-state index in [4.69, 9.17) is 13.8 Å². The zero-order valence-electron chi connectivity index (χ0n) is 24.0. The molecular formula is C28H59N2O5P. The Kier molecular flexibility index (Phi) is 26.9. The van der Waals surface area contributed by atoms with Crippen LogP contribution >= 0.6 is 7.60 Å². The van der Waals surface area contributed by atoms with Gasteiger partial charge in [0.05, 0.1) is 19.4 Å². The molecule has 36 heavy (non-hydrogen) atoms. The van der Waals surface area contributed by atoms with E-state index in [2.05, 4.69) is 17.6 Å². The first-order valence-corrected chi connectivity index (χ1v) is 16.8. The van der Waals surface area contributed by atoms with E-state index in [1.54, 1.807) is 13.8 Å². The highest BCUT2D eigenvalue weighted by Gasteiger charge is 2.22. The molecule has 0 aliphatic rings. The van der Waals surface area contributed by atoms with Crippen molar-refractivity contribution in [1.29, 1.82) is 0 Å². The van der Waals surface area contributed by atoms with Gasteiger partial charge in [-0.25, -0.2) is 4.79 Å². The predicted octanol–water partition coefficient (Wildman–Crippen LogP) is 8.22. The van der Waals surface area contributed by atoms with Gasteiger partial charge in [-0.2, -0.15) is 0 Å². The molecule has 216 valence electrons. The maximum absolute atomic E-state index is 12.3. The van der Waals surface area contributed by atoms with Crippen LogP contribution in [0.1, 0.15) is 130 Å². The van der Waals surface area contributed by atoms with E-state index in [0.717, 1.165) is 26.1 Å². The third kappa shape index (κ3) is 25.0. The number of carbonyl (C=O) groups is 1. The summed E-state index contributed by atoms with van der Waals surface area (Å²) < 4.78 is 28.6. The highest BCUT2D eigenvalue weighted by atomic mass is 31.2. The average Bonchev–Trinajstić information content (AvgIpc) is 2.86. The summed E-state index contributed by atoms with van der Waals surface area (Å²) in [4.78, 5) is 11.8. The van der Waals surface area contributed by atoms with Gasteiger partial charge in [-0.1, -0.05) is 90.4 Å². The van der Waals surface area contributed by atoms with Crippen LogP contribution in [0.3, 0.4) is 0 Å². The van der Waals surface area contributed by atoms with Crippen LogP contribution in [0.25, 0.3) is 0 Å². The van der Waals surface area contributed by atoms with Gasteiger partial charge in [-0.05, 0) is 39.5 Å². The van der Waals surface area contributed by atoms with Crippen molar-refractivity contribution in [1.82, 2.24) is 10.6 Å². The van der Waals surface area contributed by atoms with Crippen LogP contribution in [-0.2, 0) is 18.3 Å². The average molecular weight is 535 g/mol. The maximum Gasteiger partial charge on any atom is 0.330 e. The number of nitrogens with one attached hydrogen (secondary N) is 2. The fourth-order valence-corrected chi connectivity index (χ4v) is 5.79. The molecule has 0 heterocycles. The number of urea groups is 1. The van der Waals surface area contributed by atoms with Gasteiger partial charge in [0.1, 0.15) is 0 Å². The minimum Gasteiger partial charge on any atom is -0.381 e. The SMILES string of the molecule is CCCCCCCCCCOCCCCCCCCCCNC(=O)NCCCP(=O)(OCC)OCC. The molecule has 0 rings (SSSR count). The number of carbonyl (C=O) groups excluding carboxylic acids is 1. The van der Waals surface area contributed by atoms with Crippen LogP contribution in [0.5, 0.6) is 0 Å². The van der Waals surface area contributed by atoms with Gasteiger partial charge in [0, 0.05) is 26.3 Å². The Bertz CT molecular complexity index is 512. The van der Waals surface area contributed by atoms with Gasteiger partial charge in [-0.15, -0.1) is 0 Å². The van der Waals surface area contributed by atoms with Crippen LogP contribution in [0.15, 0.2) is 0 Å². The monoisotopic (exact) mass is 534 g/mol. The molecule has 0 saturated carbocycles. The van der Waals surface area contributed by atoms with Gasteiger partial charge >= 0.3 is 13.6 Å². The van der Waals surface area contributed by atoms with Gasteiger partial charge in [0.2, 0.25) is 0 Å². The van der Waals surface area contributed by atoms with E-state index in [1.165, 1.54) is 89.9 Å². The molecule has 0 saturated heterocycles. The van der Waals surface area contributed by atoms with Crippen LogP contribution < -0.4 is 10.6 Å². The smallest absolute Gasteiger partial charge is 0.330 e. The standard InChI is InChI=1S/C28H59N2O5P/c1-4-7-8-9-10-14-17-20-25-33-26-21-18-15-12-11-13-16-19-23-29-28(31)30-24-22-27-36(32,34-5-2)35-6-3/h4-27H2,1-3H3,(H2,29,30,31). The molecule has 0 atom stereocenters. The molecular weight excluding hydrogens is 475 g/mol. The largest absolute Gasteiger partial charge is 0.381 e. The van der Waals surface area contributed by atoms with Gasteiger partial charge in [-0.3, -0.25) is 4.57 Å². The van der Waals surface area contributed by atoms with Crippen molar-refractivity contribution < 1.29 is 23.1 Å². The minimum absolute atomic E-state index is 0.165. The molecule has 2 N–H and O–H groups in total. The zero-order valence-corrected chi connectivity index (χ0v) is 24.9. The van der Waals surface area contributed by atoms with Gasteiger partial charge in [0.25, 0.3) is 0 Å². The summed E-state index contributed by atoms with van der Waals surface area (Å²) in [5.74, 6) is 0. The first-order chi connectivity index (χ1) is 17.6. The Morgan fingerprint density at radius 2 is 1.00 bits per heavy atom. The van der Waals surface area contributed by atoms with E-state index in [1.807, 2.05) is 0 Å². The Morgan fingerprint density at radius 3 is 1.47 bits per heavy atom. The summed E-state index contributed by atoms with van der Waals surface area (Å²) in [6.45, 7) is 9.59. The van der Waals surface area contributed by atoms with Crippen LogP contribution in [0.4, 0.5) is 4.79 Å². The highest BCUT2D eigenvalue weighted by molar-refractivity contribution is 7.53. The Balaban J connectivity index is 3.31. The van der Waals surface area contributed by atoms with Crippen molar-refractivity contribution in [3.63, 3.8) is 0 Å². The van der Waals surface area contributed by atoms with E-state index < -0.39 is 7.60 Å². The lowest BCUT2D eigenvalue weighted by Gasteiger charge is -2.16. The molecule has 0 aromatic carbocycles. The van der Waals surface area contributed by atoms with Crippen molar-refractivity contribution in [2.24, 2.45) is 0 Å². The van der Waals surface area contributed by atoms with Crippen molar-refractivity contribution in [3.8, 4) is 0 Å². The molecule has 0 fully saturated rings. The second kappa shape index (κ2) is 27.4. The molecule has 0 aromatic heterocycles. The quantitative estimate of drug-likeness (QED) is 0.0780. The lowest BCUT2D eigenvalue weighted by Crippen LogP contribution is -2.36. The number of hydrogen-bond acceptors (Lipinski definition) is 5. The first-order valence-electron chi connectivity index (χ1n) is 15.1. The number of ether oxygens (including phenoxy) is 1. The second-order valence-corrected chi connectivity index (χ2v) is 11.8. The van der Waals surface area contributed by atoms with E-state index in [-0.39, 0.29) is 6.03 Å². The first kappa shape index (κ1) is 35.4. The molecule has 0 spiro atoms. The summed E-state index contributed by atoms with van der Waals surface area (Å²) >= 11 is 0. The van der Waals surface area contributed by atoms with E-state index >= 15 is 0 Å². The minimum atomic E-state index is -3.02. The Hall–Kier alpha value is -0.620. The van der Waals surface area contributed by atoms with Crippen LogP contribution in [-0.4, -0.2) is 51.7 Å². The van der Waals surface area contributed by atoms with Crippen molar-refractivity contribution >= 4 is 13.6 Å². The highest BCUT2D eigenvalue weighted by Crippen LogP contribution is 2.48. The summed E-state index contributed by atoms with van der Waals surface area (Å²) in [5, 5.41) is 5.70. The van der Waals surface area contributed by atoms with Crippen molar-refractivity contribution in [3.05, 3.63) is 0 Å². The number of unbranched alkanes of at least 4 members (excludes halogenated alkanes) is 14.